The highest BCUT2D eigenvalue weighted by Crippen LogP contribution is 2.41. The van der Waals surface area contributed by atoms with Gasteiger partial charge in [-0.25, -0.2) is 0 Å². The molecule has 1 aliphatic heterocycles. The van der Waals surface area contributed by atoms with Crippen molar-refractivity contribution < 1.29 is 19.1 Å². The predicted molar refractivity (Wildman–Crippen MR) is 132 cm³/mol. The van der Waals surface area contributed by atoms with E-state index in [1.165, 1.54) is 0 Å². The molecule has 1 amide bonds. The van der Waals surface area contributed by atoms with Gasteiger partial charge in [-0.2, -0.15) is 0 Å². The summed E-state index contributed by atoms with van der Waals surface area (Å²) < 4.78 is 11.7. The second-order valence-electron chi connectivity index (χ2n) is 7.85. The molecule has 0 fully saturated rings. The fourth-order valence-electron chi connectivity index (χ4n) is 3.90. The number of carbonyl (C=O) groups is 2. The number of anilines is 1. The van der Waals surface area contributed by atoms with Crippen LogP contribution in [-0.4, -0.2) is 38.2 Å². The van der Waals surface area contributed by atoms with Crippen LogP contribution in [0.4, 0.5) is 5.69 Å². The van der Waals surface area contributed by atoms with Gasteiger partial charge in [0.05, 0.1) is 18.8 Å². The molecule has 34 heavy (non-hydrogen) atoms. The molecule has 4 rings (SSSR count). The zero-order valence-corrected chi connectivity index (χ0v) is 20.1. The van der Waals surface area contributed by atoms with Gasteiger partial charge < -0.3 is 19.7 Å². The standard InChI is InChI=1S/C26H24Cl2N2O4/c1-29-14-24(31)33-16-23-26(32)30(15-17-7-3-2-4-8-17)22-12-11-18(27)13-20(22)25(34-23)19-9-5-6-10-21(19)28/h2-13,23,25,29H,14-16H2,1H3/t23-,25-/m0/s1. The molecule has 1 heterocycles. The molecule has 0 spiro atoms. The average Bonchev–Trinajstić information content (AvgIpc) is 2.94. The zero-order valence-electron chi connectivity index (χ0n) is 18.5. The highest BCUT2D eigenvalue weighted by molar-refractivity contribution is 6.31. The highest BCUT2D eigenvalue weighted by atomic mass is 35.5. The third kappa shape index (κ3) is 5.42. The van der Waals surface area contributed by atoms with Crippen molar-refractivity contribution in [1.82, 2.24) is 5.32 Å². The Morgan fingerprint density at radius 1 is 1.03 bits per heavy atom. The molecule has 0 saturated carbocycles. The van der Waals surface area contributed by atoms with Crippen LogP contribution in [0.15, 0.2) is 72.8 Å². The lowest BCUT2D eigenvalue weighted by atomic mass is 9.99. The van der Waals surface area contributed by atoms with Crippen molar-refractivity contribution in [1.29, 1.82) is 0 Å². The number of fused-ring (bicyclic) bond motifs is 1. The Labute approximate surface area is 208 Å². The van der Waals surface area contributed by atoms with E-state index in [-0.39, 0.29) is 19.1 Å². The van der Waals surface area contributed by atoms with E-state index in [9.17, 15) is 9.59 Å². The van der Waals surface area contributed by atoms with E-state index in [4.69, 9.17) is 32.7 Å². The largest absolute Gasteiger partial charge is 0.461 e. The number of amides is 1. The zero-order chi connectivity index (χ0) is 24.1. The Kier molecular flexibility index (Phi) is 7.85. The third-order valence-corrected chi connectivity index (χ3v) is 6.07. The lowest BCUT2D eigenvalue weighted by Gasteiger charge is -2.25. The summed E-state index contributed by atoms with van der Waals surface area (Å²) in [5.41, 5.74) is 2.99. The second kappa shape index (κ2) is 11.0. The number of hydrogen-bond donors (Lipinski definition) is 1. The van der Waals surface area contributed by atoms with Gasteiger partial charge in [-0.05, 0) is 36.9 Å². The van der Waals surface area contributed by atoms with E-state index in [1.807, 2.05) is 48.5 Å². The molecule has 0 bridgehead atoms. The van der Waals surface area contributed by atoms with Crippen LogP contribution >= 0.6 is 23.2 Å². The van der Waals surface area contributed by atoms with Crippen molar-refractivity contribution in [3.05, 3.63) is 99.5 Å². The molecule has 6 nitrogen and oxygen atoms in total. The van der Waals surface area contributed by atoms with Gasteiger partial charge in [-0.3, -0.25) is 9.59 Å². The molecule has 0 aliphatic carbocycles. The number of carbonyl (C=O) groups excluding carboxylic acids is 2. The normalized spacial score (nSPS) is 17.7. The fraction of sp³-hybridized carbons (Fsp3) is 0.231. The maximum absolute atomic E-state index is 13.8. The van der Waals surface area contributed by atoms with E-state index in [2.05, 4.69) is 5.32 Å². The number of likely N-dealkylation sites (N-methyl/N-ethyl adjacent to an activating group) is 1. The summed E-state index contributed by atoms with van der Waals surface area (Å²) in [5.74, 6) is -0.799. The number of esters is 1. The maximum atomic E-state index is 13.8. The van der Waals surface area contributed by atoms with E-state index in [0.717, 1.165) is 5.56 Å². The number of halogens is 2. The smallest absolute Gasteiger partial charge is 0.320 e. The summed E-state index contributed by atoms with van der Waals surface area (Å²) in [5, 5.41) is 3.74. The van der Waals surface area contributed by atoms with Crippen molar-refractivity contribution >= 4 is 40.8 Å². The monoisotopic (exact) mass is 498 g/mol. The molecule has 176 valence electrons. The number of nitrogens with one attached hydrogen (secondary N) is 1. The summed E-state index contributed by atoms with van der Waals surface area (Å²) in [6.07, 6.45) is -1.74. The topological polar surface area (TPSA) is 67.9 Å². The number of rotatable bonds is 7. The van der Waals surface area contributed by atoms with Gasteiger partial charge in [0.2, 0.25) is 0 Å². The number of hydrogen-bond acceptors (Lipinski definition) is 5. The highest BCUT2D eigenvalue weighted by Gasteiger charge is 2.38. The SMILES string of the molecule is CNCC(=O)OC[C@@H]1O[C@@H](c2ccccc2Cl)c2cc(Cl)ccc2N(Cc2ccccc2)C1=O. The molecule has 0 unspecified atom stereocenters. The van der Waals surface area contributed by atoms with Gasteiger partial charge in [0.15, 0.2) is 6.10 Å². The minimum atomic E-state index is -1.04. The molecule has 1 N–H and O–H groups in total. The average molecular weight is 499 g/mol. The van der Waals surface area contributed by atoms with Crippen LogP contribution in [0.2, 0.25) is 10.0 Å². The second-order valence-corrected chi connectivity index (χ2v) is 8.70. The Hall–Kier alpha value is -2.90. The number of nitrogens with zero attached hydrogens (tertiary/aromatic N) is 1. The van der Waals surface area contributed by atoms with Crippen molar-refractivity contribution in [2.45, 2.75) is 18.8 Å². The van der Waals surface area contributed by atoms with E-state index in [1.54, 1.807) is 36.2 Å². The van der Waals surface area contributed by atoms with Crippen molar-refractivity contribution in [2.75, 3.05) is 25.1 Å². The minimum Gasteiger partial charge on any atom is -0.461 e. The number of ether oxygens (including phenoxy) is 2. The fourth-order valence-corrected chi connectivity index (χ4v) is 4.32. The molecular formula is C26H24Cl2N2O4. The van der Waals surface area contributed by atoms with Crippen LogP contribution < -0.4 is 10.2 Å². The molecule has 3 aromatic carbocycles. The molecule has 0 saturated heterocycles. The molecule has 8 heteroatoms. The predicted octanol–water partition coefficient (Wildman–Crippen LogP) is 4.78. The Bertz CT molecular complexity index is 1170. The maximum Gasteiger partial charge on any atom is 0.320 e. The summed E-state index contributed by atoms with van der Waals surface area (Å²) in [4.78, 5) is 27.4. The number of benzene rings is 3. The van der Waals surface area contributed by atoms with Crippen molar-refractivity contribution in [2.24, 2.45) is 0 Å². The Balaban J connectivity index is 1.80. The summed E-state index contributed by atoms with van der Waals surface area (Å²) in [6.45, 7) is 0.111. The van der Waals surface area contributed by atoms with Crippen LogP contribution in [0.5, 0.6) is 0 Å². The summed E-state index contributed by atoms with van der Waals surface area (Å²) >= 11 is 12.9. The van der Waals surface area contributed by atoms with Gasteiger partial charge in [0.1, 0.15) is 12.7 Å². The van der Waals surface area contributed by atoms with Crippen LogP contribution in [0.3, 0.4) is 0 Å². The van der Waals surface area contributed by atoms with Gasteiger partial charge >= 0.3 is 5.97 Å². The van der Waals surface area contributed by atoms with Crippen LogP contribution in [0.1, 0.15) is 22.8 Å². The molecular weight excluding hydrogens is 475 g/mol. The first-order valence-corrected chi connectivity index (χ1v) is 11.6. The van der Waals surface area contributed by atoms with Crippen LogP contribution in [-0.2, 0) is 25.6 Å². The molecule has 3 aromatic rings. The summed E-state index contributed by atoms with van der Waals surface area (Å²) in [7, 11) is 1.64. The van der Waals surface area contributed by atoms with Crippen LogP contribution in [0, 0.1) is 0 Å². The first-order chi connectivity index (χ1) is 16.5. The Morgan fingerprint density at radius 3 is 2.50 bits per heavy atom. The lowest BCUT2D eigenvalue weighted by Crippen LogP contribution is -2.42. The van der Waals surface area contributed by atoms with Gasteiger partial charge in [-0.1, -0.05) is 71.7 Å². The van der Waals surface area contributed by atoms with Gasteiger partial charge in [0, 0.05) is 21.2 Å². The molecule has 1 aliphatic rings. The molecule has 0 radical (unpaired) electrons. The van der Waals surface area contributed by atoms with E-state index < -0.39 is 18.2 Å². The van der Waals surface area contributed by atoms with Crippen molar-refractivity contribution in [3.8, 4) is 0 Å². The summed E-state index contributed by atoms with van der Waals surface area (Å²) in [6, 6.07) is 22.3. The first kappa shape index (κ1) is 24.2. The first-order valence-electron chi connectivity index (χ1n) is 10.8. The van der Waals surface area contributed by atoms with E-state index >= 15 is 0 Å². The quantitative estimate of drug-likeness (QED) is 0.474. The van der Waals surface area contributed by atoms with Gasteiger partial charge in [-0.15, -0.1) is 0 Å². The Morgan fingerprint density at radius 2 is 1.76 bits per heavy atom. The van der Waals surface area contributed by atoms with Crippen LogP contribution in [0.25, 0.3) is 0 Å². The van der Waals surface area contributed by atoms with Crippen molar-refractivity contribution in [3.63, 3.8) is 0 Å². The van der Waals surface area contributed by atoms with Gasteiger partial charge in [0.25, 0.3) is 5.91 Å². The molecule has 2 atom stereocenters. The molecule has 0 aromatic heterocycles. The van der Waals surface area contributed by atoms with E-state index in [0.29, 0.717) is 33.4 Å². The third-order valence-electron chi connectivity index (χ3n) is 5.49. The minimum absolute atomic E-state index is 0.0262. The lowest BCUT2D eigenvalue weighted by molar-refractivity contribution is -0.151.